The highest BCUT2D eigenvalue weighted by Gasteiger charge is 2.46. The number of hydrogen-bond donors (Lipinski definition) is 0. The smallest absolute Gasteiger partial charge is 0.247 e. The molecule has 4 nitrogen and oxygen atoms in total. The van der Waals surface area contributed by atoms with Gasteiger partial charge in [0.2, 0.25) is 10.0 Å². The first kappa shape index (κ1) is 15.2. The summed E-state index contributed by atoms with van der Waals surface area (Å²) in [6.07, 6.45) is 8.79. The van der Waals surface area contributed by atoms with Gasteiger partial charge >= 0.3 is 0 Å². The summed E-state index contributed by atoms with van der Waals surface area (Å²) >= 11 is 0. The summed E-state index contributed by atoms with van der Waals surface area (Å²) in [4.78, 5) is 0.300. The highest BCUT2D eigenvalue weighted by atomic mass is 32.2. The van der Waals surface area contributed by atoms with Crippen LogP contribution in [0.15, 0.2) is 40.8 Å². The van der Waals surface area contributed by atoms with Crippen LogP contribution in [0.1, 0.15) is 38.5 Å². The Hall–Kier alpha value is -1.33. The number of hydrogen-bond acceptors (Lipinski definition) is 3. The van der Waals surface area contributed by atoms with Crippen LogP contribution in [0.5, 0.6) is 5.75 Å². The van der Waals surface area contributed by atoms with Crippen molar-refractivity contribution in [3.05, 3.63) is 35.9 Å². The number of piperidine rings is 1. The van der Waals surface area contributed by atoms with E-state index >= 15 is 0 Å². The number of fused-ring (bicyclic) bond motifs is 2. The summed E-state index contributed by atoms with van der Waals surface area (Å²) in [5.41, 5.74) is 1.48. The molecular weight excluding hydrogens is 310 g/mol. The lowest BCUT2D eigenvalue weighted by atomic mass is 9.98. The predicted octanol–water partition coefficient (Wildman–Crippen LogP) is 3.35. The molecule has 124 valence electrons. The Morgan fingerprint density at radius 2 is 1.74 bits per heavy atom. The average Bonchev–Trinajstić information content (AvgIpc) is 3.31. The fourth-order valence-corrected chi connectivity index (χ4v) is 6.11. The molecule has 2 unspecified atom stereocenters. The second kappa shape index (κ2) is 5.64. The monoisotopic (exact) mass is 333 g/mol. The molecule has 1 aromatic rings. The molecule has 2 saturated heterocycles. The van der Waals surface area contributed by atoms with Gasteiger partial charge in [0.15, 0.2) is 0 Å². The van der Waals surface area contributed by atoms with Gasteiger partial charge in [-0.05, 0) is 56.6 Å². The Balaban J connectivity index is 1.65. The Labute approximate surface area is 138 Å². The van der Waals surface area contributed by atoms with E-state index in [1.807, 2.05) is 0 Å². The maximum atomic E-state index is 13.2. The fraction of sp³-hybridized carbons (Fsp3) is 0.556. The standard InChI is InChI=1S/C18H23NO3S/c1-22-17-4-2-3-5-18(17)23(20,21)19-15-8-9-16(19)12-14(11-15)10-13-6-7-13/h2-5,10,13,15-16H,6-9,11-12H2,1H3. The highest BCUT2D eigenvalue weighted by Crippen LogP contribution is 2.44. The van der Waals surface area contributed by atoms with E-state index < -0.39 is 10.0 Å². The Morgan fingerprint density at radius 1 is 1.09 bits per heavy atom. The van der Waals surface area contributed by atoms with E-state index in [0.717, 1.165) is 31.6 Å². The molecule has 3 fully saturated rings. The molecule has 1 saturated carbocycles. The molecule has 0 spiro atoms. The third kappa shape index (κ3) is 2.70. The molecule has 0 N–H and O–H groups in total. The molecule has 0 radical (unpaired) electrons. The van der Waals surface area contributed by atoms with Gasteiger partial charge in [0, 0.05) is 12.1 Å². The summed E-state index contributed by atoms with van der Waals surface area (Å²) in [5.74, 6) is 1.20. The zero-order valence-electron chi connectivity index (χ0n) is 13.4. The average molecular weight is 333 g/mol. The maximum absolute atomic E-state index is 13.2. The molecule has 2 aliphatic heterocycles. The molecule has 0 aromatic heterocycles. The molecule has 2 bridgehead atoms. The number of methoxy groups -OCH3 is 1. The zero-order chi connectivity index (χ0) is 16.0. The van der Waals surface area contributed by atoms with Gasteiger partial charge in [-0.15, -0.1) is 0 Å². The van der Waals surface area contributed by atoms with Crippen molar-refractivity contribution in [3.8, 4) is 5.75 Å². The number of rotatable bonds is 4. The van der Waals surface area contributed by atoms with Crippen molar-refractivity contribution in [2.45, 2.75) is 55.5 Å². The third-order valence-electron chi connectivity index (χ3n) is 5.27. The third-order valence-corrected chi connectivity index (χ3v) is 7.31. The first-order chi connectivity index (χ1) is 11.1. The lowest BCUT2D eigenvalue weighted by Gasteiger charge is -2.35. The predicted molar refractivity (Wildman–Crippen MR) is 88.9 cm³/mol. The molecule has 5 heteroatoms. The summed E-state index contributed by atoms with van der Waals surface area (Å²) in [6, 6.07) is 7.18. The van der Waals surface area contributed by atoms with E-state index in [1.54, 1.807) is 28.6 Å². The van der Waals surface area contributed by atoms with E-state index in [1.165, 1.54) is 25.5 Å². The lowest BCUT2D eigenvalue weighted by molar-refractivity contribution is 0.283. The zero-order valence-corrected chi connectivity index (χ0v) is 14.3. The molecular formula is C18H23NO3S. The van der Waals surface area contributed by atoms with Gasteiger partial charge in [-0.25, -0.2) is 8.42 Å². The van der Waals surface area contributed by atoms with Crippen molar-refractivity contribution in [1.82, 2.24) is 4.31 Å². The van der Waals surface area contributed by atoms with Crippen LogP contribution in [0.2, 0.25) is 0 Å². The molecule has 1 aliphatic carbocycles. The quantitative estimate of drug-likeness (QED) is 0.794. The van der Waals surface area contributed by atoms with Crippen molar-refractivity contribution in [2.75, 3.05) is 7.11 Å². The van der Waals surface area contributed by atoms with Crippen LogP contribution in [-0.4, -0.2) is 31.9 Å². The SMILES string of the molecule is COc1ccccc1S(=O)(=O)N1C2CCC1CC(=CC1CC1)C2. The molecule has 23 heavy (non-hydrogen) atoms. The summed E-state index contributed by atoms with van der Waals surface area (Å²) < 4.78 is 33.4. The van der Waals surface area contributed by atoms with Gasteiger partial charge in [-0.1, -0.05) is 23.8 Å². The fourth-order valence-electron chi connectivity index (χ4n) is 4.08. The minimum atomic E-state index is -3.50. The summed E-state index contributed by atoms with van der Waals surface area (Å²) in [5, 5.41) is 0. The van der Waals surface area contributed by atoms with Crippen molar-refractivity contribution in [1.29, 1.82) is 0 Å². The first-order valence-corrected chi connectivity index (χ1v) is 9.89. The van der Waals surface area contributed by atoms with Gasteiger partial charge in [0.25, 0.3) is 0 Å². The van der Waals surface area contributed by atoms with Crippen molar-refractivity contribution in [3.63, 3.8) is 0 Å². The summed E-state index contributed by atoms with van der Waals surface area (Å²) in [6.45, 7) is 0. The molecule has 0 amide bonds. The molecule has 2 atom stereocenters. The van der Waals surface area contributed by atoms with Gasteiger partial charge in [0.05, 0.1) is 7.11 Å². The Kier molecular flexibility index (Phi) is 3.73. The molecule has 1 aromatic carbocycles. The maximum Gasteiger partial charge on any atom is 0.247 e. The van der Waals surface area contributed by atoms with Gasteiger partial charge in [0.1, 0.15) is 10.6 Å². The lowest BCUT2D eigenvalue weighted by Crippen LogP contribution is -2.44. The topological polar surface area (TPSA) is 46.6 Å². The van der Waals surface area contributed by atoms with Crippen molar-refractivity contribution in [2.24, 2.45) is 5.92 Å². The molecule has 2 heterocycles. The summed E-state index contributed by atoms with van der Waals surface area (Å²) in [7, 11) is -1.97. The number of sulfonamides is 1. The van der Waals surface area contributed by atoms with Crippen LogP contribution < -0.4 is 4.74 Å². The van der Waals surface area contributed by atoms with E-state index in [2.05, 4.69) is 6.08 Å². The normalized spacial score (nSPS) is 28.0. The van der Waals surface area contributed by atoms with Gasteiger partial charge < -0.3 is 4.74 Å². The van der Waals surface area contributed by atoms with E-state index in [-0.39, 0.29) is 12.1 Å². The number of allylic oxidation sites excluding steroid dienone is 1. The van der Waals surface area contributed by atoms with E-state index in [4.69, 9.17) is 4.74 Å². The Bertz CT molecular complexity index is 720. The largest absolute Gasteiger partial charge is 0.495 e. The van der Waals surface area contributed by atoms with Gasteiger partial charge in [-0.3, -0.25) is 0 Å². The van der Waals surface area contributed by atoms with Crippen LogP contribution in [-0.2, 0) is 10.0 Å². The van der Waals surface area contributed by atoms with Crippen LogP contribution in [0.25, 0.3) is 0 Å². The van der Waals surface area contributed by atoms with Crippen LogP contribution >= 0.6 is 0 Å². The van der Waals surface area contributed by atoms with Crippen LogP contribution in [0.3, 0.4) is 0 Å². The number of ether oxygens (including phenoxy) is 1. The van der Waals surface area contributed by atoms with E-state index in [0.29, 0.717) is 10.6 Å². The molecule has 3 aliphatic rings. The second-order valence-corrected chi connectivity index (χ2v) is 8.75. The Morgan fingerprint density at radius 3 is 2.35 bits per heavy atom. The number of nitrogens with zero attached hydrogens (tertiary/aromatic N) is 1. The van der Waals surface area contributed by atoms with Crippen molar-refractivity contribution >= 4 is 10.0 Å². The van der Waals surface area contributed by atoms with Crippen LogP contribution in [0, 0.1) is 5.92 Å². The van der Waals surface area contributed by atoms with Gasteiger partial charge in [-0.2, -0.15) is 4.31 Å². The van der Waals surface area contributed by atoms with Crippen LogP contribution in [0.4, 0.5) is 0 Å². The molecule has 4 rings (SSSR count). The van der Waals surface area contributed by atoms with Crippen molar-refractivity contribution < 1.29 is 13.2 Å². The first-order valence-electron chi connectivity index (χ1n) is 8.45. The number of benzene rings is 1. The van der Waals surface area contributed by atoms with E-state index in [9.17, 15) is 8.42 Å². The highest BCUT2D eigenvalue weighted by molar-refractivity contribution is 7.89. The number of para-hydroxylation sites is 1. The minimum absolute atomic E-state index is 0.119. The minimum Gasteiger partial charge on any atom is -0.495 e. The second-order valence-electron chi connectivity index (χ2n) is 6.94.